The summed E-state index contributed by atoms with van der Waals surface area (Å²) >= 11 is 0. The molecule has 0 amide bonds. The van der Waals surface area contributed by atoms with E-state index in [0.29, 0.717) is 0 Å². The fourth-order valence-corrected chi connectivity index (χ4v) is 2.06. The van der Waals surface area contributed by atoms with E-state index in [0.717, 1.165) is 29.5 Å². The monoisotopic (exact) mass is 258 g/mol. The quantitative estimate of drug-likeness (QED) is 0.894. The average Bonchev–Trinajstić information content (AvgIpc) is 2.39. The first-order valence-electron chi connectivity index (χ1n) is 6.23. The lowest BCUT2D eigenvalue weighted by molar-refractivity contribution is 0.0697. The van der Waals surface area contributed by atoms with Crippen molar-refractivity contribution in [2.75, 3.05) is 0 Å². The standard InChI is InChI=1S/C16H15FO2/c1-2-3-11-8-13(10-14(9-11)16(18)19)12-4-6-15(17)7-5-12/h4-10H,2-3H2,1H3,(H,18,19). The zero-order chi connectivity index (χ0) is 13.8. The highest BCUT2D eigenvalue weighted by atomic mass is 19.1. The first-order valence-corrected chi connectivity index (χ1v) is 6.23. The van der Waals surface area contributed by atoms with Crippen molar-refractivity contribution in [1.29, 1.82) is 0 Å². The van der Waals surface area contributed by atoms with Crippen LogP contribution in [0.1, 0.15) is 29.3 Å². The number of hydrogen-bond donors (Lipinski definition) is 1. The molecule has 0 bridgehead atoms. The fraction of sp³-hybridized carbons (Fsp3) is 0.188. The molecule has 0 aliphatic heterocycles. The number of benzene rings is 2. The van der Waals surface area contributed by atoms with Crippen LogP contribution in [0.4, 0.5) is 4.39 Å². The molecule has 0 heterocycles. The Morgan fingerprint density at radius 3 is 2.37 bits per heavy atom. The van der Waals surface area contributed by atoms with Gasteiger partial charge in [0.15, 0.2) is 0 Å². The maximum Gasteiger partial charge on any atom is 0.335 e. The lowest BCUT2D eigenvalue weighted by Gasteiger charge is -2.07. The maximum atomic E-state index is 12.9. The van der Waals surface area contributed by atoms with Crippen LogP contribution in [0.2, 0.25) is 0 Å². The number of carboxylic acids is 1. The molecule has 0 fully saturated rings. The van der Waals surface area contributed by atoms with Crippen LogP contribution in [-0.2, 0) is 6.42 Å². The molecule has 2 aromatic rings. The van der Waals surface area contributed by atoms with E-state index < -0.39 is 5.97 Å². The molecule has 0 aromatic heterocycles. The fourth-order valence-electron chi connectivity index (χ4n) is 2.06. The van der Waals surface area contributed by atoms with Crippen LogP contribution in [-0.4, -0.2) is 11.1 Å². The number of carbonyl (C=O) groups is 1. The van der Waals surface area contributed by atoms with E-state index in [1.54, 1.807) is 24.3 Å². The number of carboxylic acid groups (broad SMARTS) is 1. The van der Waals surface area contributed by atoms with E-state index in [9.17, 15) is 9.18 Å². The molecule has 0 atom stereocenters. The van der Waals surface area contributed by atoms with E-state index in [-0.39, 0.29) is 11.4 Å². The second-order valence-electron chi connectivity index (χ2n) is 4.48. The number of hydrogen-bond acceptors (Lipinski definition) is 1. The van der Waals surface area contributed by atoms with Gasteiger partial charge >= 0.3 is 5.97 Å². The molecule has 3 heteroatoms. The van der Waals surface area contributed by atoms with E-state index >= 15 is 0 Å². The Hall–Kier alpha value is -2.16. The summed E-state index contributed by atoms with van der Waals surface area (Å²) in [6, 6.07) is 11.3. The summed E-state index contributed by atoms with van der Waals surface area (Å²) < 4.78 is 12.9. The van der Waals surface area contributed by atoms with E-state index in [4.69, 9.17) is 5.11 Å². The largest absolute Gasteiger partial charge is 0.478 e. The Morgan fingerprint density at radius 1 is 1.11 bits per heavy atom. The average molecular weight is 258 g/mol. The van der Waals surface area contributed by atoms with Gasteiger partial charge in [-0.15, -0.1) is 0 Å². The predicted octanol–water partition coefficient (Wildman–Crippen LogP) is 4.14. The van der Waals surface area contributed by atoms with Crippen LogP contribution in [0.15, 0.2) is 42.5 Å². The van der Waals surface area contributed by atoms with E-state index in [1.165, 1.54) is 12.1 Å². The van der Waals surface area contributed by atoms with Gasteiger partial charge in [-0.1, -0.05) is 31.5 Å². The molecule has 98 valence electrons. The van der Waals surface area contributed by atoms with E-state index in [1.807, 2.05) is 13.0 Å². The van der Waals surface area contributed by atoms with Gasteiger partial charge in [0.1, 0.15) is 5.82 Å². The van der Waals surface area contributed by atoms with E-state index in [2.05, 4.69) is 0 Å². The molecule has 0 spiro atoms. The molecule has 2 nitrogen and oxygen atoms in total. The van der Waals surface area contributed by atoms with Gasteiger partial charge in [0, 0.05) is 0 Å². The summed E-state index contributed by atoms with van der Waals surface area (Å²) in [5.74, 6) is -1.24. The van der Waals surface area contributed by atoms with Gasteiger partial charge < -0.3 is 5.11 Å². The summed E-state index contributed by atoms with van der Waals surface area (Å²) in [6.45, 7) is 2.05. The molecule has 0 saturated carbocycles. The van der Waals surface area contributed by atoms with Crippen LogP contribution >= 0.6 is 0 Å². The third kappa shape index (κ3) is 3.19. The molecule has 0 aliphatic carbocycles. The Morgan fingerprint density at radius 2 is 1.79 bits per heavy atom. The van der Waals surface area contributed by atoms with Gasteiger partial charge in [0.25, 0.3) is 0 Å². The summed E-state index contributed by atoms with van der Waals surface area (Å²) in [5.41, 5.74) is 2.89. The summed E-state index contributed by atoms with van der Waals surface area (Å²) in [7, 11) is 0. The van der Waals surface area contributed by atoms with Crippen molar-refractivity contribution in [3.05, 3.63) is 59.4 Å². The molecule has 2 rings (SSSR count). The van der Waals surface area contributed by atoms with Crippen molar-refractivity contribution in [3.63, 3.8) is 0 Å². The minimum absolute atomic E-state index is 0.269. The van der Waals surface area contributed by atoms with Gasteiger partial charge in [-0.05, 0) is 47.4 Å². The second kappa shape index (κ2) is 5.65. The van der Waals surface area contributed by atoms with Crippen LogP contribution in [0, 0.1) is 5.82 Å². The molecule has 0 radical (unpaired) electrons. The van der Waals surface area contributed by atoms with Crippen molar-refractivity contribution < 1.29 is 14.3 Å². The van der Waals surface area contributed by atoms with Crippen molar-refractivity contribution in [2.45, 2.75) is 19.8 Å². The van der Waals surface area contributed by atoms with Crippen molar-refractivity contribution in [3.8, 4) is 11.1 Å². The smallest absolute Gasteiger partial charge is 0.335 e. The molecule has 0 aliphatic rings. The van der Waals surface area contributed by atoms with Gasteiger partial charge in [-0.25, -0.2) is 9.18 Å². The summed E-state index contributed by atoms with van der Waals surface area (Å²) in [4.78, 5) is 11.1. The van der Waals surface area contributed by atoms with Gasteiger partial charge in [0.05, 0.1) is 5.56 Å². The van der Waals surface area contributed by atoms with Gasteiger partial charge in [0.2, 0.25) is 0 Å². The molecule has 2 aromatic carbocycles. The van der Waals surface area contributed by atoms with Crippen molar-refractivity contribution in [1.82, 2.24) is 0 Å². The second-order valence-corrected chi connectivity index (χ2v) is 4.48. The topological polar surface area (TPSA) is 37.3 Å². The third-order valence-corrected chi connectivity index (χ3v) is 2.96. The minimum Gasteiger partial charge on any atom is -0.478 e. The molecule has 0 unspecified atom stereocenters. The highest BCUT2D eigenvalue weighted by Crippen LogP contribution is 2.23. The van der Waals surface area contributed by atoms with Crippen LogP contribution in [0.5, 0.6) is 0 Å². The van der Waals surface area contributed by atoms with Crippen molar-refractivity contribution in [2.24, 2.45) is 0 Å². The van der Waals surface area contributed by atoms with Crippen LogP contribution < -0.4 is 0 Å². The zero-order valence-corrected chi connectivity index (χ0v) is 10.7. The lowest BCUT2D eigenvalue weighted by Crippen LogP contribution is -1.99. The Bertz CT molecular complexity index is 588. The summed E-state index contributed by atoms with van der Waals surface area (Å²) in [5, 5.41) is 9.13. The zero-order valence-electron chi connectivity index (χ0n) is 10.7. The minimum atomic E-state index is -0.943. The number of rotatable bonds is 4. The third-order valence-electron chi connectivity index (χ3n) is 2.96. The first kappa shape index (κ1) is 13.3. The highest BCUT2D eigenvalue weighted by Gasteiger charge is 2.08. The van der Waals surface area contributed by atoms with Crippen molar-refractivity contribution >= 4 is 5.97 Å². The normalized spacial score (nSPS) is 10.4. The predicted molar refractivity (Wildman–Crippen MR) is 72.8 cm³/mol. The molecule has 19 heavy (non-hydrogen) atoms. The first-order chi connectivity index (χ1) is 9.10. The van der Waals surface area contributed by atoms with Gasteiger partial charge in [-0.2, -0.15) is 0 Å². The Labute approximate surface area is 111 Å². The SMILES string of the molecule is CCCc1cc(C(=O)O)cc(-c2ccc(F)cc2)c1. The van der Waals surface area contributed by atoms with Crippen LogP contribution in [0.3, 0.4) is 0 Å². The lowest BCUT2D eigenvalue weighted by atomic mass is 9.98. The highest BCUT2D eigenvalue weighted by molar-refractivity contribution is 5.89. The summed E-state index contributed by atoms with van der Waals surface area (Å²) in [6.07, 6.45) is 1.78. The Kier molecular flexibility index (Phi) is 3.95. The number of halogens is 1. The number of aromatic carboxylic acids is 1. The number of aryl methyl sites for hydroxylation is 1. The molecular weight excluding hydrogens is 243 g/mol. The Balaban J connectivity index is 2.49. The molecular formula is C16H15FO2. The van der Waals surface area contributed by atoms with Crippen LogP contribution in [0.25, 0.3) is 11.1 Å². The van der Waals surface area contributed by atoms with Gasteiger partial charge in [-0.3, -0.25) is 0 Å². The molecule has 1 N–H and O–H groups in total. The maximum absolute atomic E-state index is 12.9. The molecule has 0 saturated heterocycles.